The van der Waals surface area contributed by atoms with Crippen LogP contribution in [0.15, 0.2) is 59.5 Å². The van der Waals surface area contributed by atoms with Gasteiger partial charge in [-0.25, -0.2) is 4.98 Å². The minimum absolute atomic E-state index is 0.0385. The lowest BCUT2D eigenvalue weighted by Gasteiger charge is -2.47. The predicted molar refractivity (Wildman–Crippen MR) is 102 cm³/mol. The summed E-state index contributed by atoms with van der Waals surface area (Å²) in [5.41, 5.74) is 2.10. The minimum Gasteiger partial charge on any atom is -0.459 e. The lowest BCUT2D eigenvalue weighted by Crippen LogP contribution is -2.53. The Bertz CT molecular complexity index is 978. The van der Waals surface area contributed by atoms with Crippen molar-refractivity contribution in [3.63, 3.8) is 0 Å². The van der Waals surface area contributed by atoms with Crippen LogP contribution in [-0.4, -0.2) is 40.0 Å². The van der Waals surface area contributed by atoms with Crippen LogP contribution in [-0.2, 0) is 5.54 Å². The summed E-state index contributed by atoms with van der Waals surface area (Å²) in [7, 11) is 0. The Morgan fingerprint density at radius 2 is 2.19 bits per heavy atom. The molecule has 27 heavy (non-hydrogen) atoms. The van der Waals surface area contributed by atoms with E-state index in [0.717, 1.165) is 30.9 Å². The molecule has 1 amide bonds. The fraction of sp³-hybridized carbons (Fsp3) is 0.333. The summed E-state index contributed by atoms with van der Waals surface area (Å²) in [5.74, 6) is 1.33. The van der Waals surface area contributed by atoms with Gasteiger partial charge in [-0.2, -0.15) is 0 Å². The van der Waals surface area contributed by atoms with E-state index in [9.17, 15) is 4.79 Å². The molecule has 1 atom stereocenters. The lowest BCUT2D eigenvalue weighted by molar-refractivity contribution is 0.0750. The van der Waals surface area contributed by atoms with Crippen molar-refractivity contribution in [3.8, 4) is 5.82 Å². The molecular weight excluding hydrogens is 340 g/mol. The molecule has 2 aliphatic rings. The van der Waals surface area contributed by atoms with Crippen LogP contribution in [0.2, 0.25) is 0 Å². The molecular formula is C21H22N4O2. The number of nitrogens with zero attached hydrogens (tertiary/aromatic N) is 4. The number of carbonyl (C=O) groups is 1. The maximum Gasteiger partial charge on any atom is 0.289 e. The van der Waals surface area contributed by atoms with Crippen LogP contribution in [0.3, 0.4) is 0 Å². The Hall–Kier alpha value is -3.02. The van der Waals surface area contributed by atoms with Crippen molar-refractivity contribution in [1.82, 2.24) is 14.5 Å². The standard InChI is InChI=1S/C21H22N4O2/c1-2-11-25-16-6-3-10-22-19(16)24-12-4-8-18(24)21(25)9-13-23(15-21)20(26)17-7-5-14-27-17/h3-8,10,12,14H,2,9,11,13,15H2,1H3. The van der Waals surface area contributed by atoms with E-state index < -0.39 is 0 Å². The van der Waals surface area contributed by atoms with Gasteiger partial charge in [0.25, 0.3) is 5.91 Å². The number of hydrogen-bond acceptors (Lipinski definition) is 4. The molecule has 5 rings (SSSR count). The Morgan fingerprint density at radius 1 is 1.26 bits per heavy atom. The fourth-order valence-corrected chi connectivity index (χ4v) is 4.61. The number of aromatic nitrogens is 2. The van der Waals surface area contributed by atoms with Crippen molar-refractivity contribution in [2.24, 2.45) is 0 Å². The maximum absolute atomic E-state index is 12.9. The van der Waals surface area contributed by atoms with Crippen LogP contribution < -0.4 is 4.90 Å². The molecule has 1 unspecified atom stereocenters. The van der Waals surface area contributed by atoms with Gasteiger partial charge in [-0.1, -0.05) is 6.92 Å². The molecule has 0 bridgehead atoms. The molecule has 2 aliphatic heterocycles. The summed E-state index contributed by atoms with van der Waals surface area (Å²) in [6.45, 7) is 4.47. The molecule has 0 N–H and O–H groups in total. The van der Waals surface area contributed by atoms with Crippen LogP contribution in [0.1, 0.15) is 36.0 Å². The predicted octanol–water partition coefficient (Wildman–Crippen LogP) is 3.44. The number of furan rings is 1. The van der Waals surface area contributed by atoms with Gasteiger partial charge in [0.15, 0.2) is 11.6 Å². The number of fused-ring (bicyclic) bond motifs is 4. The zero-order chi connectivity index (χ0) is 18.4. The van der Waals surface area contributed by atoms with E-state index >= 15 is 0 Å². The third-order valence-electron chi connectivity index (χ3n) is 5.74. The quantitative estimate of drug-likeness (QED) is 0.716. The summed E-state index contributed by atoms with van der Waals surface area (Å²) in [6.07, 6.45) is 7.38. The third-order valence-corrected chi connectivity index (χ3v) is 5.74. The highest BCUT2D eigenvalue weighted by atomic mass is 16.3. The average Bonchev–Trinajstić information content (AvgIpc) is 3.46. The fourth-order valence-electron chi connectivity index (χ4n) is 4.61. The summed E-state index contributed by atoms with van der Waals surface area (Å²) < 4.78 is 7.53. The Labute approximate surface area is 158 Å². The van der Waals surface area contributed by atoms with Gasteiger partial charge in [0.2, 0.25) is 0 Å². The van der Waals surface area contributed by atoms with Crippen molar-refractivity contribution >= 4 is 11.6 Å². The summed E-state index contributed by atoms with van der Waals surface area (Å²) in [4.78, 5) is 21.9. The van der Waals surface area contributed by atoms with Crippen molar-refractivity contribution in [2.75, 3.05) is 24.5 Å². The second-order valence-electron chi connectivity index (χ2n) is 7.25. The van der Waals surface area contributed by atoms with Gasteiger partial charge in [-0.05, 0) is 49.2 Å². The van der Waals surface area contributed by atoms with E-state index in [0.29, 0.717) is 18.8 Å². The second-order valence-corrected chi connectivity index (χ2v) is 7.25. The van der Waals surface area contributed by atoms with Gasteiger partial charge >= 0.3 is 0 Å². The molecule has 138 valence electrons. The van der Waals surface area contributed by atoms with Gasteiger partial charge in [0, 0.05) is 25.5 Å². The highest BCUT2D eigenvalue weighted by molar-refractivity contribution is 5.92. The number of rotatable bonds is 3. The van der Waals surface area contributed by atoms with Crippen LogP contribution in [0.4, 0.5) is 5.69 Å². The smallest absolute Gasteiger partial charge is 0.289 e. The molecule has 1 spiro atoms. The largest absolute Gasteiger partial charge is 0.459 e. The first-order chi connectivity index (χ1) is 13.2. The number of pyridine rings is 1. The van der Waals surface area contributed by atoms with E-state index in [1.165, 1.54) is 5.69 Å². The molecule has 0 aliphatic carbocycles. The highest BCUT2D eigenvalue weighted by Crippen LogP contribution is 2.47. The zero-order valence-electron chi connectivity index (χ0n) is 15.3. The van der Waals surface area contributed by atoms with Crippen molar-refractivity contribution in [3.05, 3.63) is 66.5 Å². The lowest BCUT2D eigenvalue weighted by atomic mass is 9.88. The van der Waals surface area contributed by atoms with Crippen molar-refractivity contribution in [1.29, 1.82) is 0 Å². The Kier molecular flexibility index (Phi) is 3.60. The molecule has 1 fully saturated rings. The molecule has 5 heterocycles. The Morgan fingerprint density at radius 3 is 3.00 bits per heavy atom. The molecule has 0 saturated carbocycles. The first-order valence-corrected chi connectivity index (χ1v) is 9.48. The Balaban J connectivity index is 1.60. The summed E-state index contributed by atoms with van der Waals surface area (Å²) in [5, 5.41) is 0. The van der Waals surface area contributed by atoms with Crippen LogP contribution in [0.25, 0.3) is 5.82 Å². The number of carbonyl (C=O) groups excluding carboxylic acids is 1. The molecule has 3 aromatic rings. The topological polar surface area (TPSA) is 54.5 Å². The van der Waals surface area contributed by atoms with Crippen molar-refractivity contribution in [2.45, 2.75) is 25.3 Å². The van der Waals surface area contributed by atoms with Gasteiger partial charge in [0.1, 0.15) is 5.54 Å². The van der Waals surface area contributed by atoms with Gasteiger partial charge in [-0.3, -0.25) is 4.79 Å². The van der Waals surface area contributed by atoms with E-state index in [1.54, 1.807) is 18.4 Å². The first kappa shape index (κ1) is 16.2. The van der Waals surface area contributed by atoms with Crippen LogP contribution in [0, 0.1) is 0 Å². The van der Waals surface area contributed by atoms with E-state index in [1.807, 2.05) is 17.2 Å². The number of anilines is 1. The van der Waals surface area contributed by atoms with E-state index in [2.05, 4.69) is 45.8 Å². The number of amides is 1. The third kappa shape index (κ3) is 2.25. The average molecular weight is 362 g/mol. The van der Waals surface area contributed by atoms with E-state index in [-0.39, 0.29) is 11.4 Å². The molecule has 1 saturated heterocycles. The summed E-state index contributed by atoms with van der Waals surface area (Å²) >= 11 is 0. The first-order valence-electron chi connectivity index (χ1n) is 9.48. The maximum atomic E-state index is 12.9. The van der Waals surface area contributed by atoms with E-state index in [4.69, 9.17) is 4.42 Å². The SMILES string of the molecule is CCCN1c2cccnc2-n2cccc2C12CCN(C(=O)c1ccco1)C2. The van der Waals surface area contributed by atoms with Crippen LogP contribution in [0.5, 0.6) is 0 Å². The molecule has 6 nitrogen and oxygen atoms in total. The van der Waals surface area contributed by atoms with Crippen LogP contribution >= 0.6 is 0 Å². The highest BCUT2D eigenvalue weighted by Gasteiger charge is 2.50. The number of likely N-dealkylation sites (tertiary alicyclic amines) is 1. The second kappa shape index (κ2) is 6.01. The monoisotopic (exact) mass is 362 g/mol. The zero-order valence-corrected chi connectivity index (χ0v) is 15.3. The molecule has 0 radical (unpaired) electrons. The molecule has 6 heteroatoms. The van der Waals surface area contributed by atoms with Crippen molar-refractivity contribution < 1.29 is 9.21 Å². The summed E-state index contributed by atoms with van der Waals surface area (Å²) in [6, 6.07) is 11.9. The van der Waals surface area contributed by atoms with Gasteiger partial charge < -0.3 is 18.8 Å². The normalized spacial score (nSPS) is 20.8. The van der Waals surface area contributed by atoms with Gasteiger partial charge in [0.05, 0.1) is 24.2 Å². The van der Waals surface area contributed by atoms with Gasteiger partial charge in [-0.15, -0.1) is 0 Å². The minimum atomic E-state index is -0.238. The molecule has 3 aromatic heterocycles. The number of hydrogen-bond donors (Lipinski definition) is 0. The molecule has 0 aromatic carbocycles.